The lowest BCUT2D eigenvalue weighted by Crippen LogP contribution is -1.68. The van der Waals surface area contributed by atoms with Crippen LogP contribution in [0.5, 0.6) is 11.5 Å². The number of hydrogen-bond donors (Lipinski definition) is 2. The van der Waals surface area contributed by atoms with Crippen molar-refractivity contribution in [1.82, 2.24) is 0 Å². The zero-order valence-corrected chi connectivity index (χ0v) is 15.2. The van der Waals surface area contributed by atoms with Crippen LogP contribution in [0.1, 0.15) is 0 Å². The molecule has 0 bridgehead atoms. The molecule has 0 fully saturated rings. The molecule has 0 saturated carbocycles. The van der Waals surface area contributed by atoms with Gasteiger partial charge in [-0.1, -0.05) is 22.0 Å². The van der Waals surface area contributed by atoms with E-state index in [0.717, 1.165) is 8.95 Å². The molecule has 0 aliphatic heterocycles. The third kappa shape index (κ3) is 4.91. The Kier molecular flexibility index (Phi) is 6.70. The largest absolute Gasteiger partial charge is 0.507 e. The summed E-state index contributed by atoms with van der Waals surface area (Å²) in [7, 11) is 0. The standard InChI is InChI=1S/2C6H4Br2O/c7-4-1-2-6(9)5(8)3-4;7-4-2-1-3-5(9)6(4)8/h2*1-3,9H. The van der Waals surface area contributed by atoms with Crippen LogP contribution in [0, 0.1) is 0 Å². The molecule has 2 aromatic rings. The van der Waals surface area contributed by atoms with Gasteiger partial charge in [0.2, 0.25) is 0 Å². The van der Waals surface area contributed by atoms with Gasteiger partial charge in [-0.05, 0) is 78.1 Å². The summed E-state index contributed by atoms with van der Waals surface area (Å²) in [6.45, 7) is 0. The molecule has 6 heteroatoms. The summed E-state index contributed by atoms with van der Waals surface area (Å²) in [5.41, 5.74) is 0. The second-order valence-electron chi connectivity index (χ2n) is 3.17. The maximum atomic E-state index is 9.02. The van der Waals surface area contributed by atoms with E-state index in [4.69, 9.17) is 10.2 Å². The SMILES string of the molecule is Oc1ccc(Br)cc1Br.Oc1cccc(Br)c1Br. The molecule has 0 aliphatic carbocycles. The number of halogens is 4. The van der Waals surface area contributed by atoms with Crippen LogP contribution in [0.4, 0.5) is 0 Å². The summed E-state index contributed by atoms with van der Waals surface area (Å²) in [4.78, 5) is 0. The molecule has 2 N–H and O–H groups in total. The van der Waals surface area contributed by atoms with Gasteiger partial charge in [-0.2, -0.15) is 0 Å². The van der Waals surface area contributed by atoms with Crippen LogP contribution in [-0.2, 0) is 0 Å². The fourth-order valence-corrected chi connectivity index (χ4v) is 2.64. The number of phenolic OH excluding ortho intramolecular Hbond substituents is 2. The molecule has 2 nitrogen and oxygen atoms in total. The molecule has 18 heavy (non-hydrogen) atoms. The van der Waals surface area contributed by atoms with Crippen molar-refractivity contribution < 1.29 is 10.2 Å². The smallest absolute Gasteiger partial charge is 0.130 e. The lowest BCUT2D eigenvalue weighted by Gasteiger charge is -1.95. The van der Waals surface area contributed by atoms with E-state index in [2.05, 4.69) is 63.7 Å². The van der Waals surface area contributed by atoms with Crippen molar-refractivity contribution >= 4 is 63.7 Å². The van der Waals surface area contributed by atoms with Crippen LogP contribution in [-0.4, -0.2) is 10.2 Å². The summed E-state index contributed by atoms with van der Waals surface area (Å²) in [5, 5.41) is 18.0. The summed E-state index contributed by atoms with van der Waals surface area (Å²) >= 11 is 12.8. The highest BCUT2D eigenvalue weighted by Gasteiger charge is 1.98. The maximum Gasteiger partial charge on any atom is 0.130 e. The lowest BCUT2D eigenvalue weighted by molar-refractivity contribution is 0.471. The first-order chi connectivity index (χ1) is 8.41. The minimum atomic E-state index is 0.254. The van der Waals surface area contributed by atoms with Gasteiger partial charge in [-0.25, -0.2) is 0 Å². The summed E-state index contributed by atoms with van der Waals surface area (Å²) in [5.74, 6) is 0.516. The molecule has 2 rings (SSSR count). The topological polar surface area (TPSA) is 40.5 Å². The number of aromatic hydroxyl groups is 2. The van der Waals surface area contributed by atoms with E-state index in [-0.39, 0.29) is 11.5 Å². The van der Waals surface area contributed by atoms with Crippen molar-refractivity contribution in [2.75, 3.05) is 0 Å². The molecule has 0 heterocycles. The van der Waals surface area contributed by atoms with Gasteiger partial charge in [-0.15, -0.1) is 0 Å². The van der Waals surface area contributed by atoms with Crippen molar-refractivity contribution in [3.63, 3.8) is 0 Å². The molecule has 0 radical (unpaired) electrons. The Morgan fingerprint density at radius 3 is 1.83 bits per heavy atom. The van der Waals surface area contributed by atoms with Gasteiger partial charge < -0.3 is 10.2 Å². The number of phenols is 2. The maximum absolute atomic E-state index is 9.02. The normalized spacial score (nSPS) is 9.56. The molecule has 2 aromatic carbocycles. The minimum absolute atomic E-state index is 0.254. The van der Waals surface area contributed by atoms with Gasteiger partial charge in [0.15, 0.2) is 0 Å². The quantitative estimate of drug-likeness (QED) is 0.475. The van der Waals surface area contributed by atoms with E-state index in [9.17, 15) is 0 Å². The molecule has 0 amide bonds. The second kappa shape index (κ2) is 7.53. The molecule has 0 aliphatic rings. The zero-order chi connectivity index (χ0) is 13.7. The van der Waals surface area contributed by atoms with Crippen LogP contribution in [0.25, 0.3) is 0 Å². The molecule has 0 aromatic heterocycles. The predicted molar refractivity (Wildman–Crippen MR) is 87.0 cm³/mol. The van der Waals surface area contributed by atoms with Gasteiger partial charge >= 0.3 is 0 Å². The van der Waals surface area contributed by atoms with Gasteiger partial charge in [0, 0.05) is 8.95 Å². The molecule has 0 saturated heterocycles. The average Bonchev–Trinajstić information content (AvgIpc) is 2.32. The van der Waals surface area contributed by atoms with Crippen molar-refractivity contribution in [3.8, 4) is 11.5 Å². The highest BCUT2D eigenvalue weighted by atomic mass is 79.9. The first-order valence-corrected chi connectivity index (χ1v) is 7.86. The van der Waals surface area contributed by atoms with E-state index in [1.54, 1.807) is 30.3 Å². The highest BCUT2D eigenvalue weighted by Crippen LogP contribution is 2.30. The number of hydrogen-bond acceptors (Lipinski definition) is 2. The highest BCUT2D eigenvalue weighted by molar-refractivity contribution is 9.13. The van der Waals surface area contributed by atoms with E-state index < -0.39 is 0 Å². The fourth-order valence-electron chi connectivity index (χ4n) is 0.974. The Labute approximate surface area is 139 Å². The zero-order valence-electron chi connectivity index (χ0n) is 8.87. The first kappa shape index (κ1) is 16.0. The predicted octanol–water partition coefficient (Wildman–Crippen LogP) is 5.83. The third-order valence-electron chi connectivity index (χ3n) is 1.84. The Hall–Kier alpha value is -0.0400. The Morgan fingerprint density at radius 1 is 0.722 bits per heavy atom. The minimum Gasteiger partial charge on any atom is -0.507 e. The average molecular weight is 504 g/mol. The Morgan fingerprint density at radius 2 is 1.39 bits per heavy atom. The summed E-state index contributed by atoms with van der Waals surface area (Å²) in [6, 6.07) is 10.4. The van der Waals surface area contributed by atoms with Gasteiger partial charge in [0.25, 0.3) is 0 Å². The fraction of sp³-hybridized carbons (Fsp3) is 0. The van der Waals surface area contributed by atoms with Gasteiger partial charge in [0.05, 0.1) is 8.95 Å². The van der Waals surface area contributed by atoms with E-state index in [1.807, 2.05) is 6.07 Å². The van der Waals surface area contributed by atoms with Crippen LogP contribution in [0.2, 0.25) is 0 Å². The molecular formula is C12H8Br4O2. The van der Waals surface area contributed by atoms with Crippen LogP contribution in [0.3, 0.4) is 0 Å². The third-order valence-corrected chi connectivity index (χ3v) is 5.00. The van der Waals surface area contributed by atoms with Crippen LogP contribution >= 0.6 is 63.7 Å². The van der Waals surface area contributed by atoms with Crippen LogP contribution < -0.4 is 0 Å². The second-order valence-corrected chi connectivity index (χ2v) is 6.59. The Bertz CT molecular complexity index is 523. The number of benzene rings is 2. The van der Waals surface area contributed by atoms with Crippen molar-refractivity contribution in [1.29, 1.82) is 0 Å². The number of rotatable bonds is 0. The summed E-state index contributed by atoms with van der Waals surface area (Å²) < 4.78 is 3.22. The van der Waals surface area contributed by atoms with Crippen molar-refractivity contribution in [3.05, 3.63) is 54.3 Å². The van der Waals surface area contributed by atoms with Crippen LogP contribution in [0.15, 0.2) is 54.3 Å². The van der Waals surface area contributed by atoms with E-state index >= 15 is 0 Å². The first-order valence-electron chi connectivity index (χ1n) is 4.69. The van der Waals surface area contributed by atoms with Crippen molar-refractivity contribution in [2.45, 2.75) is 0 Å². The van der Waals surface area contributed by atoms with E-state index in [0.29, 0.717) is 8.95 Å². The summed E-state index contributed by atoms with van der Waals surface area (Å²) in [6.07, 6.45) is 0. The van der Waals surface area contributed by atoms with Gasteiger partial charge in [0.1, 0.15) is 11.5 Å². The Balaban J connectivity index is 0.000000180. The molecule has 96 valence electrons. The molecule has 0 unspecified atom stereocenters. The molecule has 0 spiro atoms. The van der Waals surface area contributed by atoms with E-state index in [1.165, 1.54) is 0 Å². The monoisotopic (exact) mass is 500 g/mol. The molecular weight excluding hydrogens is 496 g/mol. The van der Waals surface area contributed by atoms with Crippen molar-refractivity contribution in [2.24, 2.45) is 0 Å². The lowest BCUT2D eigenvalue weighted by atomic mass is 10.3. The molecule has 0 atom stereocenters. The van der Waals surface area contributed by atoms with Gasteiger partial charge in [-0.3, -0.25) is 0 Å².